The molecule has 4 rings (SSSR count). The third-order valence-corrected chi connectivity index (χ3v) is 5.77. The first-order valence-electron chi connectivity index (χ1n) is 9.24. The molecule has 130 valence electrons. The number of aromatic hydroxyl groups is 1. The summed E-state index contributed by atoms with van der Waals surface area (Å²) in [4.78, 5) is 14.9. The number of carbonyl (C=O) groups is 1. The molecule has 0 radical (unpaired) electrons. The second kappa shape index (κ2) is 6.51. The van der Waals surface area contributed by atoms with Crippen LogP contribution in [-0.4, -0.2) is 21.9 Å². The number of rotatable bonds is 2. The van der Waals surface area contributed by atoms with Gasteiger partial charge in [0.1, 0.15) is 11.3 Å². The zero-order chi connectivity index (χ0) is 17.4. The molecule has 2 unspecified atom stereocenters. The van der Waals surface area contributed by atoms with E-state index in [4.69, 9.17) is 5.11 Å². The van der Waals surface area contributed by atoms with E-state index in [9.17, 15) is 9.90 Å². The number of nitrogens with one attached hydrogen (secondary N) is 1. The van der Waals surface area contributed by atoms with Crippen molar-refractivity contribution in [3.8, 4) is 5.75 Å². The number of aromatic carboxylic acids is 1. The van der Waals surface area contributed by atoms with Crippen molar-refractivity contribution in [3.63, 3.8) is 0 Å². The van der Waals surface area contributed by atoms with E-state index in [1.165, 1.54) is 49.8 Å². The van der Waals surface area contributed by atoms with E-state index in [1.807, 2.05) is 6.07 Å². The molecule has 25 heavy (non-hydrogen) atoms. The Labute approximate surface area is 147 Å². The highest BCUT2D eigenvalue weighted by atomic mass is 16.4. The molecule has 4 heteroatoms. The standard InChI is InChI=1S/C21H23NO3/c23-20-12-16-10-15(7-6-14(16)11-17(20)21(24)25)19-9-8-13-4-2-1-3-5-18(13)22-19/h6-7,10-13,19,23H,1-5,8-9H2,(H,24,25)/p+1. The molecule has 1 saturated carbocycles. The fourth-order valence-electron chi connectivity index (χ4n) is 4.38. The maximum Gasteiger partial charge on any atom is 0.339 e. The lowest BCUT2D eigenvalue weighted by atomic mass is 9.85. The predicted octanol–water partition coefficient (Wildman–Crippen LogP) is 3.18. The molecule has 0 spiro atoms. The predicted molar refractivity (Wildman–Crippen MR) is 97.1 cm³/mol. The lowest BCUT2D eigenvalue weighted by Crippen LogP contribution is -2.77. The molecule has 0 saturated heterocycles. The minimum absolute atomic E-state index is 0.0482. The van der Waals surface area contributed by atoms with Gasteiger partial charge in [-0.15, -0.1) is 0 Å². The van der Waals surface area contributed by atoms with Crippen LogP contribution < -0.4 is 4.99 Å². The van der Waals surface area contributed by atoms with Gasteiger partial charge < -0.3 is 10.2 Å². The van der Waals surface area contributed by atoms with Gasteiger partial charge in [0, 0.05) is 24.3 Å². The summed E-state index contributed by atoms with van der Waals surface area (Å²) in [5.41, 5.74) is 2.69. The van der Waals surface area contributed by atoms with Gasteiger partial charge >= 0.3 is 5.97 Å². The quantitative estimate of drug-likeness (QED) is 0.787. The molecule has 1 aliphatic carbocycles. The van der Waals surface area contributed by atoms with Crippen LogP contribution in [0.5, 0.6) is 5.75 Å². The van der Waals surface area contributed by atoms with Crippen molar-refractivity contribution in [2.75, 3.05) is 0 Å². The van der Waals surface area contributed by atoms with E-state index in [0.717, 1.165) is 23.1 Å². The van der Waals surface area contributed by atoms with Crippen LogP contribution in [-0.2, 0) is 0 Å². The van der Waals surface area contributed by atoms with Gasteiger partial charge in [-0.05, 0) is 48.2 Å². The first-order valence-corrected chi connectivity index (χ1v) is 9.24. The Bertz CT molecular complexity index is 856. The molecule has 2 atom stereocenters. The van der Waals surface area contributed by atoms with Crippen molar-refractivity contribution in [2.45, 2.75) is 51.0 Å². The Morgan fingerprint density at radius 3 is 2.72 bits per heavy atom. The number of phenols is 1. The van der Waals surface area contributed by atoms with Crippen LogP contribution in [0.4, 0.5) is 0 Å². The fourth-order valence-corrected chi connectivity index (χ4v) is 4.38. The molecule has 1 fully saturated rings. The largest absolute Gasteiger partial charge is 0.507 e. The van der Waals surface area contributed by atoms with E-state index in [-0.39, 0.29) is 11.3 Å². The Hall–Kier alpha value is -2.36. The molecular formula is C21H24NO3+. The summed E-state index contributed by atoms with van der Waals surface area (Å²) < 4.78 is 0. The zero-order valence-electron chi connectivity index (χ0n) is 14.3. The van der Waals surface area contributed by atoms with Crippen LogP contribution in [0.15, 0.2) is 30.3 Å². The van der Waals surface area contributed by atoms with E-state index < -0.39 is 5.97 Å². The molecule has 2 aromatic carbocycles. The van der Waals surface area contributed by atoms with Crippen molar-refractivity contribution in [2.24, 2.45) is 5.92 Å². The smallest absolute Gasteiger partial charge is 0.339 e. The first kappa shape index (κ1) is 16.1. The summed E-state index contributed by atoms with van der Waals surface area (Å²) in [6.07, 6.45) is 8.85. The van der Waals surface area contributed by atoms with Crippen molar-refractivity contribution in [3.05, 3.63) is 41.5 Å². The highest BCUT2D eigenvalue weighted by Gasteiger charge is 2.31. The summed E-state index contributed by atoms with van der Waals surface area (Å²) in [5, 5.41) is 20.8. The molecule has 4 nitrogen and oxygen atoms in total. The van der Waals surface area contributed by atoms with Crippen molar-refractivity contribution in [1.29, 1.82) is 0 Å². The molecular weight excluding hydrogens is 314 g/mol. The summed E-state index contributed by atoms with van der Waals surface area (Å²) >= 11 is 0. The van der Waals surface area contributed by atoms with Crippen LogP contribution in [0.2, 0.25) is 0 Å². The molecule has 2 aliphatic rings. The number of fused-ring (bicyclic) bond motifs is 2. The lowest BCUT2D eigenvalue weighted by molar-refractivity contribution is -0.520. The molecule has 1 heterocycles. The summed E-state index contributed by atoms with van der Waals surface area (Å²) in [5.74, 6) is -0.540. The zero-order valence-corrected chi connectivity index (χ0v) is 14.3. The van der Waals surface area contributed by atoms with Gasteiger partial charge in [0.25, 0.3) is 0 Å². The molecule has 1 aliphatic heterocycles. The monoisotopic (exact) mass is 338 g/mol. The fraction of sp³-hybridized carbons (Fsp3) is 0.429. The highest BCUT2D eigenvalue weighted by Crippen LogP contribution is 2.31. The van der Waals surface area contributed by atoms with Gasteiger partial charge in [-0.1, -0.05) is 25.0 Å². The molecule has 3 N–H and O–H groups in total. The third-order valence-electron chi connectivity index (χ3n) is 5.77. The minimum atomic E-state index is -1.10. The topological polar surface area (TPSA) is 71.5 Å². The van der Waals surface area contributed by atoms with Crippen molar-refractivity contribution in [1.82, 2.24) is 0 Å². The lowest BCUT2D eigenvalue weighted by Gasteiger charge is -2.22. The summed E-state index contributed by atoms with van der Waals surface area (Å²) in [6, 6.07) is 9.54. The van der Waals surface area contributed by atoms with Crippen molar-refractivity contribution < 1.29 is 20.0 Å². The van der Waals surface area contributed by atoms with Gasteiger partial charge in [-0.3, -0.25) is 0 Å². The van der Waals surface area contributed by atoms with E-state index in [1.54, 1.807) is 12.1 Å². The van der Waals surface area contributed by atoms with Crippen LogP contribution >= 0.6 is 0 Å². The number of hydrogen-bond acceptors (Lipinski definition) is 2. The molecule has 0 aromatic heterocycles. The van der Waals surface area contributed by atoms with E-state index >= 15 is 0 Å². The van der Waals surface area contributed by atoms with Gasteiger partial charge in [0.2, 0.25) is 0 Å². The highest BCUT2D eigenvalue weighted by molar-refractivity contribution is 5.97. The molecule has 2 aromatic rings. The second-order valence-electron chi connectivity index (χ2n) is 7.38. The SMILES string of the molecule is O=C(O)c1cc2ccc(C3CCC4CCCCCC4=[NH+]3)cc2cc1O. The maximum absolute atomic E-state index is 11.2. The normalized spacial score (nSPS) is 23.6. The van der Waals surface area contributed by atoms with Gasteiger partial charge in [-0.25, -0.2) is 9.79 Å². The van der Waals surface area contributed by atoms with Gasteiger partial charge in [0.15, 0.2) is 11.8 Å². The Kier molecular flexibility index (Phi) is 4.20. The van der Waals surface area contributed by atoms with E-state index in [2.05, 4.69) is 17.1 Å². The number of carboxylic acid groups (broad SMARTS) is 1. The number of hydrogen-bond donors (Lipinski definition) is 3. The minimum Gasteiger partial charge on any atom is -0.507 e. The second-order valence-corrected chi connectivity index (χ2v) is 7.38. The van der Waals surface area contributed by atoms with Gasteiger partial charge in [0.05, 0.1) is 0 Å². The van der Waals surface area contributed by atoms with Gasteiger partial charge in [-0.2, -0.15) is 0 Å². The molecule has 0 amide bonds. The molecule has 0 bridgehead atoms. The first-order chi connectivity index (χ1) is 12.1. The average molecular weight is 338 g/mol. The Morgan fingerprint density at radius 2 is 1.88 bits per heavy atom. The number of carboxylic acids is 1. The van der Waals surface area contributed by atoms with Crippen molar-refractivity contribution >= 4 is 22.5 Å². The van der Waals surface area contributed by atoms with Crippen LogP contribution in [0, 0.1) is 5.92 Å². The van der Waals surface area contributed by atoms with Crippen LogP contribution in [0.3, 0.4) is 0 Å². The average Bonchev–Trinajstić information content (AvgIpc) is 2.85. The third kappa shape index (κ3) is 3.13. The van der Waals surface area contributed by atoms with Crippen LogP contribution in [0.1, 0.15) is 66.9 Å². The maximum atomic E-state index is 11.2. The van der Waals surface area contributed by atoms with Crippen LogP contribution in [0.25, 0.3) is 10.8 Å². The number of benzene rings is 2. The summed E-state index contributed by atoms with van der Waals surface area (Å²) in [7, 11) is 0. The summed E-state index contributed by atoms with van der Waals surface area (Å²) in [6.45, 7) is 0. The van der Waals surface area contributed by atoms with E-state index in [0.29, 0.717) is 6.04 Å². The Balaban J connectivity index is 1.69. The Morgan fingerprint density at radius 1 is 1.00 bits per heavy atom.